The van der Waals surface area contributed by atoms with Crippen LogP contribution in [0.15, 0.2) is 16.3 Å². The molecule has 1 heterocycles. The molecule has 2 aliphatic carbocycles. The average molecular weight is 286 g/mol. The van der Waals surface area contributed by atoms with Crippen LogP contribution in [0.2, 0.25) is 0 Å². The van der Waals surface area contributed by atoms with Crippen molar-refractivity contribution in [1.29, 1.82) is 0 Å². The maximum atomic E-state index is 12.5. The molecule has 0 unspecified atom stereocenters. The summed E-state index contributed by atoms with van der Waals surface area (Å²) in [4.78, 5) is 1.43. The summed E-state index contributed by atoms with van der Waals surface area (Å²) in [5.74, 6) is 0. The maximum Gasteiger partial charge on any atom is 0.244 e. The summed E-state index contributed by atoms with van der Waals surface area (Å²) >= 11 is 1.53. The van der Waals surface area contributed by atoms with Gasteiger partial charge in [-0.15, -0.1) is 11.3 Å². The van der Waals surface area contributed by atoms with Crippen molar-refractivity contribution >= 4 is 21.4 Å². The molecule has 0 atom stereocenters. The summed E-state index contributed by atoms with van der Waals surface area (Å²) in [5, 5.41) is 5.26. The average Bonchev–Trinajstić information content (AvgIpc) is 3.25. The van der Waals surface area contributed by atoms with Crippen molar-refractivity contribution in [3.63, 3.8) is 0 Å². The Morgan fingerprint density at radius 2 is 2.11 bits per heavy atom. The van der Waals surface area contributed by atoms with Gasteiger partial charge in [-0.1, -0.05) is 0 Å². The van der Waals surface area contributed by atoms with Crippen LogP contribution in [0.5, 0.6) is 0 Å². The Labute approximate surface area is 112 Å². The van der Waals surface area contributed by atoms with E-state index in [1.165, 1.54) is 28.5 Å². The first-order valence-corrected chi connectivity index (χ1v) is 8.69. The Hall–Kier alpha value is -0.430. The van der Waals surface area contributed by atoms with Crippen LogP contribution in [0.3, 0.4) is 0 Å². The van der Waals surface area contributed by atoms with E-state index in [1.807, 2.05) is 5.38 Å². The van der Waals surface area contributed by atoms with E-state index in [-0.39, 0.29) is 6.04 Å². The minimum atomic E-state index is -3.29. The molecule has 0 aliphatic heterocycles. The van der Waals surface area contributed by atoms with Crippen LogP contribution in [-0.2, 0) is 16.6 Å². The lowest BCUT2D eigenvalue weighted by Gasteiger charge is -2.16. The van der Waals surface area contributed by atoms with E-state index in [0.29, 0.717) is 17.5 Å². The zero-order chi connectivity index (χ0) is 12.8. The molecule has 1 aromatic rings. The van der Waals surface area contributed by atoms with E-state index < -0.39 is 10.0 Å². The zero-order valence-corrected chi connectivity index (χ0v) is 12.1. The number of rotatable bonds is 6. The molecule has 0 bridgehead atoms. The van der Waals surface area contributed by atoms with Crippen LogP contribution in [0, 0.1) is 0 Å². The lowest BCUT2D eigenvalue weighted by Crippen LogP contribution is -2.29. The van der Waals surface area contributed by atoms with Crippen LogP contribution >= 0.6 is 11.3 Å². The third kappa shape index (κ3) is 2.47. The Balaban J connectivity index is 1.79. The van der Waals surface area contributed by atoms with Gasteiger partial charge in [-0.3, -0.25) is 0 Å². The van der Waals surface area contributed by atoms with Gasteiger partial charge in [0.2, 0.25) is 10.0 Å². The highest BCUT2D eigenvalue weighted by atomic mass is 32.2. The van der Waals surface area contributed by atoms with Crippen LogP contribution in [0.25, 0.3) is 0 Å². The highest BCUT2D eigenvalue weighted by Gasteiger charge is 2.36. The standard InChI is InChI=1S/C12H18N2O2S2/c1-14(10-4-5-10)18(15,16)12-6-7-17-11(12)8-13-9-2-3-9/h6-7,9-10,13H,2-5,8H2,1H3. The van der Waals surface area contributed by atoms with Gasteiger partial charge in [-0.25, -0.2) is 8.42 Å². The topological polar surface area (TPSA) is 49.4 Å². The summed E-state index contributed by atoms with van der Waals surface area (Å²) in [7, 11) is -1.59. The van der Waals surface area contributed by atoms with Crippen molar-refractivity contribution in [2.24, 2.45) is 0 Å². The van der Waals surface area contributed by atoms with Crippen molar-refractivity contribution in [3.8, 4) is 0 Å². The van der Waals surface area contributed by atoms with Gasteiger partial charge in [0.25, 0.3) is 0 Å². The summed E-state index contributed by atoms with van der Waals surface area (Å²) in [6.07, 6.45) is 4.43. The molecule has 0 radical (unpaired) electrons. The third-order valence-corrected chi connectivity index (χ3v) is 6.60. The molecule has 1 aromatic heterocycles. The minimum Gasteiger partial charge on any atom is -0.309 e. The highest BCUT2D eigenvalue weighted by Crippen LogP contribution is 2.33. The minimum absolute atomic E-state index is 0.221. The molecule has 100 valence electrons. The summed E-state index contributed by atoms with van der Waals surface area (Å²) in [6.45, 7) is 0.676. The van der Waals surface area contributed by atoms with E-state index in [2.05, 4.69) is 5.32 Å². The molecule has 2 aliphatic rings. The second-order valence-corrected chi connectivity index (χ2v) is 8.08. The Morgan fingerprint density at radius 1 is 1.39 bits per heavy atom. The summed E-state index contributed by atoms with van der Waals surface area (Å²) in [6, 6.07) is 2.56. The van der Waals surface area contributed by atoms with Crippen LogP contribution in [-0.4, -0.2) is 31.9 Å². The quantitative estimate of drug-likeness (QED) is 0.867. The van der Waals surface area contributed by atoms with E-state index in [0.717, 1.165) is 17.7 Å². The van der Waals surface area contributed by atoms with Crippen LogP contribution < -0.4 is 5.32 Å². The zero-order valence-electron chi connectivity index (χ0n) is 10.4. The first-order chi connectivity index (χ1) is 8.59. The molecule has 4 nitrogen and oxygen atoms in total. The molecule has 0 amide bonds. The molecule has 0 spiro atoms. The van der Waals surface area contributed by atoms with Gasteiger partial charge in [0.15, 0.2) is 0 Å². The van der Waals surface area contributed by atoms with Gasteiger partial charge in [0.05, 0.1) is 4.90 Å². The molecule has 0 saturated heterocycles. The fourth-order valence-electron chi connectivity index (χ4n) is 2.00. The van der Waals surface area contributed by atoms with Crippen molar-refractivity contribution in [1.82, 2.24) is 9.62 Å². The van der Waals surface area contributed by atoms with Crippen molar-refractivity contribution in [3.05, 3.63) is 16.3 Å². The maximum absolute atomic E-state index is 12.5. The highest BCUT2D eigenvalue weighted by molar-refractivity contribution is 7.89. The van der Waals surface area contributed by atoms with Gasteiger partial charge in [0.1, 0.15) is 0 Å². The lowest BCUT2D eigenvalue weighted by molar-refractivity contribution is 0.463. The van der Waals surface area contributed by atoms with Crippen molar-refractivity contribution < 1.29 is 8.42 Å². The largest absolute Gasteiger partial charge is 0.309 e. The fourth-order valence-corrected chi connectivity index (χ4v) is 4.78. The number of hydrogen-bond donors (Lipinski definition) is 1. The second-order valence-electron chi connectivity index (χ2n) is 5.12. The SMILES string of the molecule is CN(C1CC1)S(=O)(=O)c1ccsc1CNC1CC1. The molecule has 1 N–H and O–H groups in total. The van der Waals surface area contributed by atoms with E-state index in [4.69, 9.17) is 0 Å². The normalized spacial score (nSPS) is 20.6. The molecule has 18 heavy (non-hydrogen) atoms. The Bertz CT molecular complexity index is 530. The van der Waals surface area contributed by atoms with Gasteiger partial charge in [0, 0.05) is 30.6 Å². The number of sulfonamides is 1. The first kappa shape index (κ1) is 12.6. The Morgan fingerprint density at radius 3 is 2.72 bits per heavy atom. The van der Waals surface area contributed by atoms with Gasteiger partial charge < -0.3 is 5.32 Å². The molecule has 0 aromatic carbocycles. The molecule has 2 saturated carbocycles. The summed E-state index contributed by atoms with van der Waals surface area (Å²) in [5.41, 5.74) is 0. The first-order valence-electron chi connectivity index (χ1n) is 6.37. The van der Waals surface area contributed by atoms with Gasteiger partial charge in [-0.05, 0) is 37.1 Å². The fraction of sp³-hybridized carbons (Fsp3) is 0.667. The van der Waals surface area contributed by atoms with Crippen LogP contribution in [0.4, 0.5) is 0 Å². The van der Waals surface area contributed by atoms with Gasteiger partial charge in [-0.2, -0.15) is 4.31 Å². The predicted molar refractivity (Wildman–Crippen MR) is 72.2 cm³/mol. The molecule has 6 heteroatoms. The number of thiophene rings is 1. The van der Waals surface area contributed by atoms with E-state index in [1.54, 1.807) is 13.1 Å². The Kier molecular flexibility index (Phi) is 3.21. The number of nitrogens with zero attached hydrogens (tertiary/aromatic N) is 1. The predicted octanol–water partition coefficient (Wildman–Crippen LogP) is 1.78. The third-order valence-electron chi connectivity index (χ3n) is 3.55. The smallest absolute Gasteiger partial charge is 0.244 e. The number of nitrogens with one attached hydrogen (secondary N) is 1. The lowest BCUT2D eigenvalue weighted by atomic mass is 10.4. The molecule has 3 rings (SSSR count). The van der Waals surface area contributed by atoms with Crippen molar-refractivity contribution in [2.75, 3.05) is 7.05 Å². The van der Waals surface area contributed by atoms with Gasteiger partial charge >= 0.3 is 0 Å². The van der Waals surface area contributed by atoms with Crippen molar-refractivity contribution in [2.45, 2.75) is 49.2 Å². The molecule has 2 fully saturated rings. The van der Waals surface area contributed by atoms with E-state index in [9.17, 15) is 8.42 Å². The van der Waals surface area contributed by atoms with E-state index >= 15 is 0 Å². The molecular weight excluding hydrogens is 268 g/mol. The monoisotopic (exact) mass is 286 g/mol. The number of hydrogen-bond acceptors (Lipinski definition) is 4. The molecular formula is C12H18N2O2S2. The second kappa shape index (κ2) is 4.59. The summed E-state index contributed by atoms with van der Waals surface area (Å²) < 4.78 is 26.5. The van der Waals surface area contributed by atoms with Crippen LogP contribution in [0.1, 0.15) is 30.6 Å².